The van der Waals surface area contributed by atoms with Crippen LogP contribution in [0.4, 0.5) is 10.6 Å². The van der Waals surface area contributed by atoms with Crippen LogP contribution in [0.1, 0.15) is 156 Å². The number of Topliss-reactive ketones (excluding diaryl/α,β-unsaturated/α-hetero) is 2. The van der Waals surface area contributed by atoms with E-state index in [-0.39, 0.29) is 87.1 Å². The molecule has 2 aliphatic carbocycles. The van der Waals surface area contributed by atoms with Crippen molar-refractivity contribution in [2.24, 2.45) is 41.2 Å². The van der Waals surface area contributed by atoms with Gasteiger partial charge in [-0.1, -0.05) is 76.3 Å². The summed E-state index contributed by atoms with van der Waals surface area (Å²) in [5.41, 5.74) is 17.5. The third-order valence-corrected chi connectivity index (χ3v) is 23.7. The Hall–Kier alpha value is -7.71. The van der Waals surface area contributed by atoms with E-state index in [0.717, 1.165) is 64.3 Å². The Labute approximate surface area is 704 Å². The van der Waals surface area contributed by atoms with Gasteiger partial charge in [-0.3, -0.25) is 19.2 Å². The molecule has 2 saturated heterocycles. The molecule has 1 aromatic carbocycles. The fraction of sp³-hybridized carbons (Fsp3) is 0.690. The highest BCUT2D eigenvalue weighted by molar-refractivity contribution is 6.39. The third kappa shape index (κ3) is 27.6. The van der Waals surface area contributed by atoms with Crippen LogP contribution in [-0.4, -0.2) is 285 Å². The number of nitrogens with one attached hydrogen (secondary N) is 3. The molecule has 120 heavy (non-hydrogen) atoms. The lowest BCUT2D eigenvalue weighted by Crippen LogP contribution is -2.61. The summed E-state index contributed by atoms with van der Waals surface area (Å²) in [6, 6.07) is 5.72. The largest absolute Gasteiger partial charge is 0.495 e. The number of hydrogen-bond donors (Lipinski definition) is 9. The number of nitrogen functional groups attached to an aromatic ring is 1. The van der Waals surface area contributed by atoms with Gasteiger partial charge in [0.15, 0.2) is 11.6 Å². The molecular weight excluding hydrogens is 1550 g/mol. The molecule has 668 valence electrons. The van der Waals surface area contributed by atoms with Crippen LogP contribution in [0, 0.1) is 35.5 Å². The molecule has 33 heteroatoms. The predicted molar refractivity (Wildman–Crippen MR) is 445 cm³/mol. The number of carbonyl (C=O) groups excluding carboxylic acids is 6. The fourth-order valence-corrected chi connectivity index (χ4v) is 16.6. The quantitative estimate of drug-likeness (QED) is 0.00971. The normalized spacial score (nSPS) is 29.9. The van der Waals surface area contributed by atoms with Gasteiger partial charge in [0.05, 0.1) is 135 Å². The van der Waals surface area contributed by atoms with Gasteiger partial charge in [0.1, 0.15) is 59.6 Å². The number of carbonyl (C=O) groups is 6. The van der Waals surface area contributed by atoms with Crippen LogP contribution in [0.5, 0.6) is 5.75 Å². The predicted octanol–water partition coefficient (Wildman–Crippen LogP) is 7.13. The van der Waals surface area contributed by atoms with Gasteiger partial charge in [-0.15, -0.1) is 0 Å². The summed E-state index contributed by atoms with van der Waals surface area (Å²) in [5, 5.41) is 57.8. The maximum absolute atomic E-state index is 14.7. The first-order chi connectivity index (χ1) is 57.8. The standard InChI is InChI=1S/C87H132N10O23/c1-54-16-11-10-12-17-55(2)71(109-8)51-64-27-21-59(6)87(107,120-64)80(102)84(104)96-31-14-13-19-67(96)85(105)118-72(52-68(98)56(3)47-58(5)78(100)79(101)77(99)57(4)46-54)65(88)48-60-22-28-69(73(49-60)110-9)119-86(106)91-30-33-112-35-37-114-39-41-116-43-45-117-44-42-115-40-38-113-36-34-111-32-29-90-83(103)62-25-23-61(24-26-62)82-95-75(76-81(89)92-53-93-97(76)82)66-50-63-18-15-20-70(108-7)74(63)94-66/h10-12,15-18,20,47,50,53-54,56-57,59-62,64-65,67-69,71-73,78-79,94,98,100-101,107H,13-14,19,21-46,48-49,51-52,88H2,1-9H3,(H,90,103)(H,91,106)(H2,89,92,93)/b12-10+,16-11+,55-17+,58-47+/t54-,56-,57-,59-,60+,61-,62-,64+,65-,67+,68-,69-,71+,72+,73-,78-,79+,87-/m1/s1. The SMILES string of the molecule is COc1cccc2cc(-c3nc([C@H]4CC[C@H](C(=O)NCCOCCOCCOCCOCCOCCOCCOCCNC(=O)O[C@@H]5CC[C@@H](C[C@@H](N)[C@@H]6C[C@@H](O)[C@H](C)/C=C(\C)[C@@H](O)[C@@H](O)C(=O)[C@H](C)C[C@H](C)/C=C/C=C/C=C(\C)[C@@H](OC)C[C@@H]7CC[C@@H](C)[C@@](O)(O7)C(=O)C(=O)N7CCCC[C@H]7C(=O)O6)C[C@H]5OC)CC4)n4ncnc(N)c34)[nH]c12. The summed E-state index contributed by atoms with van der Waals surface area (Å²) in [4.78, 5) is 97.3. The molecule has 33 nitrogen and oxygen atoms in total. The fourth-order valence-electron chi connectivity index (χ4n) is 16.6. The first kappa shape index (κ1) is 96.1. The average Bonchev–Trinajstić information content (AvgIpc) is 1.53. The van der Waals surface area contributed by atoms with Crippen molar-refractivity contribution in [3.8, 4) is 17.1 Å². The lowest BCUT2D eigenvalue weighted by Gasteiger charge is -2.42. The molecule has 2 saturated carbocycles. The summed E-state index contributed by atoms with van der Waals surface area (Å²) in [6.45, 7) is 16.1. The van der Waals surface area contributed by atoms with E-state index in [4.69, 9.17) is 78.0 Å². The second-order valence-electron chi connectivity index (χ2n) is 32.5. The number of allylic oxidation sites excluding steroid dienone is 5. The Bertz CT molecular complexity index is 4010. The molecule has 11 N–H and O–H groups in total. The number of anilines is 1. The number of nitrogens with zero attached hydrogens (tertiary/aromatic N) is 5. The van der Waals surface area contributed by atoms with Crippen molar-refractivity contribution in [1.29, 1.82) is 0 Å². The average molecular weight is 1690 g/mol. The number of ketones is 2. The van der Waals surface area contributed by atoms with E-state index < -0.39 is 114 Å². The lowest BCUT2D eigenvalue weighted by atomic mass is 9.80. The number of nitrogens with two attached hydrogens (primary N) is 2. The zero-order valence-corrected chi connectivity index (χ0v) is 71.4. The number of esters is 1. The molecule has 9 rings (SSSR count). The number of aliphatic hydroxyl groups excluding tert-OH is 3. The van der Waals surface area contributed by atoms with Crippen LogP contribution in [0.2, 0.25) is 0 Å². The number of aliphatic hydroxyl groups is 4. The number of para-hydroxylation sites is 1. The number of benzene rings is 1. The number of methoxy groups -OCH3 is 3. The molecule has 2 bridgehead atoms. The Balaban J connectivity index is 0.611. The molecule has 3 aromatic heterocycles. The van der Waals surface area contributed by atoms with Crippen LogP contribution in [0.3, 0.4) is 0 Å². The van der Waals surface area contributed by atoms with Gasteiger partial charge in [0.2, 0.25) is 11.7 Å². The molecule has 5 aliphatic rings. The van der Waals surface area contributed by atoms with E-state index in [0.29, 0.717) is 154 Å². The minimum Gasteiger partial charge on any atom is -0.495 e. The summed E-state index contributed by atoms with van der Waals surface area (Å²) in [6.07, 6.45) is 10.7. The first-order valence-electron chi connectivity index (χ1n) is 42.8. The van der Waals surface area contributed by atoms with Gasteiger partial charge >= 0.3 is 12.1 Å². The maximum Gasteiger partial charge on any atom is 0.407 e. The van der Waals surface area contributed by atoms with Crippen molar-refractivity contribution >= 4 is 57.7 Å². The van der Waals surface area contributed by atoms with E-state index in [2.05, 4.69) is 25.7 Å². The number of amides is 3. The molecule has 0 spiro atoms. The molecule has 0 radical (unpaired) electrons. The molecule has 3 amide bonds. The van der Waals surface area contributed by atoms with Crippen LogP contribution in [0.25, 0.3) is 27.8 Å². The van der Waals surface area contributed by atoms with Crippen molar-refractivity contribution < 1.29 is 111 Å². The van der Waals surface area contributed by atoms with Crippen LogP contribution in [0.15, 0.2) is 78.2 Å². The zero-order valence-electron chi connectivity index (χ0n) is 71.4. The zero-order chi connectivity index (χ0) is 86.3. The molecule has 4 fully saturated rings. The number of aromatic amines is 1. The summed E-state index contributed by atoms with van der Waals surface area (Å²) in [5.74, 6) is -6.61. The second kappa shape index (κ2) is 49.0. The van der Waals surface area contributed by atoms with Crippen molar-refractivity contribution in [3.63, 3.8) is 0 Å². The molecule has 0 unspecified atom stereocenters. The lowest BCUT2D eigenvalue weighted by molar-refractivity contribution is -0.265. The first-order valence-corrected chi connectivity index (χ1v) is 42.8. The van der Waals surface area contributed by atoms with E-state index >= 15 is 0 Å². The number of H-pyrrole nitrogens is 1. The van der Waals surface area contributed by atoms with E-state index in [1.807, 2.05) is 68.5 Å². The number of rotatable bonds is 34. The smallest absolute Gasteiger partial charge is 0.407 e. The Morgan fingerprint density at radius 3 is 2.01 bits per heavy atom. The number of fused-ring (bicyclic) bond motifs is 5. The summed E-state index contributed by atoms with van der Waals surface area (Å²) >= 11 is 0. The number of ether oxygens (including phenoxy) is 13. The highest BCUT2D eigenvalue weighted by Gasteiger charge is 2.53. The van der Waals surface area contributed by atoms with Crippen molar-refractivity contribution in [1.82, 2.24) is 40.1 Å². The number of cyclic esters (lactones) is 1. The number of aromatic nitrogens is 5. The summed E-state index contributed by atoms with van der Waals surface area (Å²) in [7, 11) is 4.72. The van der Waals surface area contributed by atoms with Gasteiger partial charge in [0, 0.05) is 87.7 Å². The Kier molecular flexibility index (Phi) is 39.2. The number of piperidine rings is 1. The van der Waals surface area contributed by atoms with Gasteiger partial charge in [-0.25, -0.2) is 24.1 Å². The molecule has 16 atom stereocenters. The Morgan fingerprint density at radius 2 is 1.37 bits per heavy atom. The third-order valence-electron chi connectivity index (χ3n) is 23.7. The van der Waals surface area contributed by atoms with E-state index in [1.54, 1.807) is 52.5 Å². The van der Waals surface area contributed by atoms with Crippen LogP contribution in [-0.2, 0) is 80.8 Å². The minimum absolute atomic E-state index is 0.0163. The van der Waals surface area contributed by atoms with Gasteiger partial charge in [0.25, 0.3) is 11.7 Å². The maximum atomic E-state index is 14.7. The molecule has 3 aliphatic heterocycles. The molecule has 6 heterocycles. The van der Waals surface area contributed by atoms with E-state index in [9.17, 15) is 49.2 Å². The topological polar surface area (TPSA) is 442 Å². The summed E-state index contributed by atoms with van der Waals surface area (Å²) < 4.78 is 76.8. The van der Waals surface area contributed by atoms with Crippen molar-refractivity contribution in [3.05, 3.63) is 84.0 Å². The number of hydrogen-bond acceptors (Lipinski definition) is 28. The van der Waals surface area contributed by atoms with Gasteiger partial charge in [-0.2, -0.15) is 5.10 Å². The minimum atomic E-state index is -2.50. The van der Waals surface area contributed by atoms with E-state index in [1.165, 1.54) is 13.4 Å². The molecule has 4 aromatic rings. The van der Waals surface area contributed by atoms with Crippen molar-refractivity contribution in [2.75, 3.05) is 139 Å². The number of alkyl carbamates (subject to hydrolysis) is 1. The van der Waals surface area contributed by atoms with Crippen LogP contribution < -0.4 is 26.8 Å². The Morgan fingerprint density at radius 1 is 0.717 bits per heavy atom. The second-order valence-corrected chi connectivity index (χ2v) is 32.5. The van der Waals surface area contributed by atoms with Gasteiger partial charge in [-0.05, 0) is 139 Å². The monoisotopic (exact) mass is 1680 g/mol. The highest BCUT2D eigenvalue weighted by atomic mass is 16.6. The highest BCUT2D eigenvalue weighted by Crippen LogP contribution is 2.42. The van der Waals surface area contributed by atoms with Crippen LogP contribution >= 0.6 is 0 Å². The van der Waals surface area contributed by atoms with Gasteiger partial charge < -0.3 is 114 Å². The molecular formula is C87H132N10O23. The number of imidazole rings is 1. The van der Waals surface area contributed by atoms with Crippen molar-refractivity contribution in [2.45, 2.75) is 217 Å².